The maximum absolute atomic E-state index is 12.9. The van der Waals surface area contributed by atoms with Crippen LogP contribution >= 0.6 is 12.2 Å². The standard InChI is InChI=1S/C17H30N2OS/c1-12-7-8-14(13(2)11-12)19-16(20)17(15(18)21)9-5-3-4-6-10-17/h12-14H,3-11H2,1-2H3,(H2,18,21)(H,19,20). The third-order valence-electron chi connectivity index (χ3n) is 5.61. The first-order chi connectivity index (χ1) is 9.95. The van der Waals surface area contributed by atoms with Gasteiger partial charge in [-0.3, -0.25) is 4.79 Å². The quantitative estimate of drug-likeness (QED) is 0.619. The summed E-state index contributed by atoms with van der Waals surface area (Å²) in [6.45, 7) is 4.55. The Morgan fingerprint density at radius 2 is 1.76 bits per heavy atom. The maximum Gasteiger partial charge on any atom is 0.233 e. The molecule has 0 bridgehead atoms. The van der Waals surface area contributed by atoms with Crippen LogP contribution in [0.3, 0.4) is 0 Å². The molecule has 3 N–H and O–H groups in total. The van der Waals surface area contributed by atoms with Crippen LogP contribution in [0, 0.1) is 17.3 Å². The van der Waals surface area contributed by atoms with Crippen LogP contribution in [0.25, 0.3) is 0 Å². The summed E-state index contributed by atoms with van der Waals surface area (Å²) < 4.78 is 0. The maximum atomic E-state index is 12.9. The normalized spacial score (nSPS) is 33.0. The zero-order chi connectivity index (χ0) is 15.5. The fraction of sp³-hybridized carbons (Fsp3) is 0.882. The number of rotatable bonds is 3. The summed E-state index contributed by atoms with van der Waals surface area (Å²) >= 11 is 5.30. The molecule has 0 heterocycles. The number of hydrogen-bond donors (Lipinski definition) is 2. The molecular formula is C17H30N2OS. The van der Waals surface area contributed by atoms with Crippen molar-refractivity contribution in [1.82, 2.24) is 5.32 Å². The van der Waals surface area contributed by atoms with E-state index in [1.807, 2.05) is 0 Å². The first-order valence-electron chi connectivity index (χ1n) is 8.56. The highest BCUT2D eigenvalue weighted by molar-refractivity contribution is 7.80. The lowest BCUT2D eigenvalue weighted by Crippen LogP contribution is -2.53. The Hall–Kier alpha value is -0.640. The predicted molar refractivity (Wildman–Crippen MR) is 91.0 cm³/mol. The van der Waals surface area contributed by atoms with Crippen molar-refractivity contribution in [1.29, 1.82) is 0 Å². The van der Waals surface area contributed by atoms with E-state index in [0.717, 1.165) is 38.0 Å². The van der Waals surface area contributed by atoms with Crippen LogP contribution in [0.2, 0.25) is 0 Å². The minimum absolute atomic E-state index is 0.100. The Morgan fingerprint density at radius 1 is 1.14 bits per heavy atom. The monoisotopic (exact) mass is 310 g/mol. The fourth-order valence-corrected chi connectivity index (χ4v) is 4.40. The zero-order valence-electron chi connectivity index (χ0n) is 13.5. The lowest BCUT2D eigenvalue weighted by Gasteiger charge is -2.37. The van der Waals surface area contributed by atoms with Gasteiger partial charge in [-0.15, -0.1) is 0 Å². The van der Waals surface area contributed by atoms with Gasteiger partial charge in [0.2, 0.25) is 5.91 Å². The molecule has 3 nitrogen and oxygen atoms in total. The van der Waals surface area contributed by atoms with Gasteiger partial charge in [-0.05, 0) is 43.9 Å². The lowest BCUT2D eigenvalue weighted by molar-refractivity contribution is -0.129. The van der Waals surface area contributed by atoms with Gasteiger partial charge in [0.15, 0.2) is 0 Å². The van der Waals surface area contributed by atoms with Crippen LogP contribution in [0.5, 0.6) is 0 Å². The molecule has 1 amide bonds. The zero-order valence-corrected chi connectivity index (χ0v) is 14.3. The third kappa shape index (κ3) is 3.77. The van der Waals surface area contributed by atoms with E-state index in [0.29, 0.717) is 16.9 Å². The Bertz CT molecular complexity index is 388. The van der Waals surface area contributed by atoms with Gasteiger partial charge < -0.3 is 11.1 Å². The minimum Gasteiger partial charge on any atom is -0.392 e. The average molecular weight is 311 g/mol. The van der Waals surface area contributed by atoms with E-state index in [1.54, 1.807) is 0 Å². The third-order valence-corrected chi connectivity index (χ3v) is 6.00. The van der Waals surface area contributed by atoms with Crippen LogP contribution in [0.1, 0.15) is 71.6 Å². The first kappa shape index (κ1) is 16.7. The molecule has 0 saturated heterocycles. The van der Waals surface area contributed by atoms with Gasteiger partial charge in [0.25, 0.3) is 0 Å². The highest BCUT2D eigenvalue weighted by Gasteiger charge is 2.42. The predicted octanol–water partition coefficient (Wildman–Crippen LogP) is 3.55. The topological polar surface area (TPSA) is 55.1 Å². The second kappa shape index (κ2) is 7.08. The second-order valence-corrected chi connectivity index (χ2v) is 7.78. The fourth-order valence-electron chi connectivity index (χ4n) is 4.10. The van der Waals surface area contributed by atoms with Gasteiger partial charge in [0, 0.05) is 6.04 Å². The van der Waals surface area contributed by atoms with E-state index in [9.17, 15) is 4.79 Å². The number of nitrogens with one attached hydrogen (secondary N) is 1. The molecule has 0 aromatic rings. The van der Waals surface area contributed by atoms with Crippen molar-refractivity contribution < 1.29 is 4.79 Å². The molecule has 0 radical (unpaired) electrons. The Balaban J connectivity index is 2.06. The molecule has 2 aliphatic carbocycles. The van der Waals surface area contributed by atoms with Gasteiger partial charge in [-0.25, -0.2) is 0 Å². The highest BCUT2D eigenvalue weighted by Crippen LogP contribution is 2.37. The number of nitrogens with two attached hydrogens (primary N) is 1. The van der Waals surface area contributed by atoms with E-state index in [2.05, 4.69) is 19.2 Å². The molecular weight excluding hydrogens is 280 g/mol. The van der Waals surface area contributed by atoms with Crippen molar-refractivity contribution in [2.45, 2.75) is 77.7 Å². The van der Waals surface area contributed by atoms with Gasteiger partial charge in [0.1, 0.15) is 0 Å². The van der Waals surface area contributed by atoms with E-state index in [1.165, 1.54) is 25.7 Å². The van der Waals surface area contributed by atoms with Crippen molar-refractivity contribution in [3.63, 3.8) is 0 Å². The number of thiocarbonyl (C=S) groups is 1. The number of carbonyl (C=O) groups excluding carboxylic acids is 1. The van der Waals surface area contributed by atoms with Crippen LogP contribution in [-0.2, 0) is 4.79 Å². The van der Waals surface area contributed by atoms with Crippen LogP contribution in [0.4, 0.5) is 0 Å². The molecule has 0 aromatic carbocycles. The highest BCUT2D eigenvalue weighted by atomic mass is 32.1. The number of hydrogen-bond acceptors (Lipinski definition) is 2. The molecule has 3 unspecified atom stereocenters. The molecule has 2 rings (SSSR count). The van der Waals surface area contributed by atoms with Crippen molar-refractivity contribution in [3.8, 4) is 0 Å². The largest absolute Gasteiger partial charge is 0.392 e. The molecule has 21 heavy (non-hydrogen) atoms. The first-order valence-corrected chi connectivity index (χ1v) is 8.97. The summed E-state index contributed by atoms with van der Waals surface area (Å²) in [5.41, 5.74) is 5.42. The summed E-state index contributed by atoms with van der Waals surface area (Å²) in [6, 6.07) is 0.295. The summed E-state index contributed by atoms with van der Waals surface area (Å²) in [5.74, 6) is 1.42. The molecule has 3 atom stereocenters. The molecule has 0 aromatic heterocycles. The van der Waals surface area contributed by atoms with Crippen LogP contribution < -0.4 is 11.1 Å². The molecule has 0 spiro atoms. The van der Waals surface area contributed by atoms with Gasteiger partial charge >= 0.3 is 0 Å². The van der Waals surface area contributed by atoms with E-state index < -0.39 is 5.41 Å². The van der Waals surface area contributed by atoms with Gasteiger partial charge in [-0.1, -0.05) is 51.7 Å². The Kier molecular flexibility index (Phi) is 5.64. The van der Waals surface area contributed by atoms with E-state index in [4.69, 9.17) is 18.0 Å². The van der Waals surface area contributed by atoms with Crippen LogP contribution in [-0.4, -0.2) is 16.9 Å². The van der Waals surface area contributed by atoms with E-state index in [-0.39, 0.29) is 5.91 Å². The van der Waals surface area contributed by atoms with Crippen molar-refractivity contribution in [3.05, 3.63) is 0 Å². The van der Waals surface area contributed by atoms with E-state index >= 15 is 0 Å². The smallest absolute Gasteiger partial charge is 0.233 e. The summed E-state index contributed by atoms with van der Waals surface area (Å²) in [6.07, 6.45) is 9.63. The summed E-state index contributed by atoms with van der Waals surface area (Å²) in [5, 5.41) is 3.30. The SMILES string of the molecule is CC1CCC(NC(=O)C2(C(N)=S)CCCCCC2)C(C)C1. The van der Waals surface area contributed by atoms with Gasteiger partial charge in [-0.2, -0.15) is 0 Å². The molecule has 2 aliphatic rings. The lowest BCUT2D eigenvalue weighted by atomic mass is 9.76. The summed E-state index contributed by atoms with van der Waals surface area (Å²) in [4.78, 5) is 13.3. The molecule has 2 saturated carbocycles. The minimum atomic E-state index is -0.589. The van der Waals surface area contributed by atoms with Crippen molar-refractivity contribution >= 4 is 23.1 Å². The van der Waals surface area contributed by atoms with Crippen molar-refractivity contribution in [2.24, 2.45) is 23.0 Å². The van der Waals surface area contributed by atoms with Crippen LogP contribution in [0.15, 0.2) is 0 Å². The average Bonchev–Trinajstić information content (AvgIpc) is 2.68. The molecule has 4 heteroatoms. The number of carbonyl (C=O) groups is 1. The Morgan fingerprint density at radius 3 is 2.29 bits per heavy atom. The van der Waals surface area contributed by atoms with Crippen molar-refractivity contribution in [2.75, 3.05) is 0 Å². The second-order valence-electron chi connectivity index (χ2n) is 7.34. The Labute approximate surface area is 134 Å². The molecule has 0 aliphatic heterocycles. The summed E-state index contributed by atoms with van der Waals surface area (Å²) in [7, 11) is 0. The molecule has 2 fully saturated rings. The molecule has 120 valence electrons. The van der Waals surface area contributed by atoms with Gasteiger partial charge in [0.05, 0.1) is 10.4 Å². The number of amides is 1.